The van der Waals surface area contributed by atoms with E-state index in [9.17, 15) is 0 Å². The van der Waals surface area contributed by atoms with Crippen LogP contribution < -0.4 is 19.9 Å². The van der Waals surface area contributed by atoms with Crippen LogP contribution in [0.2, 0.25) is 0 Å². The van der Waals surface area contributed by atoms with Crippen molar-refractivity contribution in [2.24, 2.45) is 5.73 Å². The van der Waals surface area contributed by atoms with E-state index in [1.807, 2.05) is 12.1 Å². The van der Waals surface area contributed by atoms with Crippen molar-refractivity contribution in [3.8, 4) is 17.2 Å². The molecule has 1 rings (SSSR count). The zero-order valence-electron chi connectivity index (χ0n) is 12.4. The fraction of sp³-hybridized carbons (Fsp3) is 0.600. The number of hydrogen-bond donors (Lipinski definition) is 1. The largest absolute Gasteiger partial charge is 0.496 e. The van der Waals surface area contributed by atoms with E-state index in [0.29, 0.717) is 5.75 Å². The van der Waals surface area contributed by atoms with E-state index < -0.39 is 0 Å². The van der Waals surface area contributed by atoms with Crippen molar-refractivity contribution in [3.63, 3.8) is 0 Å². The normalized spacial score (nSPS) is 12.1. The predicted octanol–water partition coefficient (Wildman–Crippen LogP) is 3.29. The van der Waals surface area contributed by atoms with Gasteiger partial charge in [-0.05, 0) is 6.42 Å². The van der Waals surface area contributed by atoms with E-state index in [-0.39, 0.29) is 6.04 Å². The average Bonchev–Trinajstić information content (AvgIpc) is 2.45. The van der Waals surface area contributed by atoms with E-state index >= 15 is 0 Å². The third-order valence-corrected chi connectivity index (χ3v) is 3.24. The molecule has 0 aromatic heterocycles. The molecule has 1 aromatic rings. The SMILES string of the molecule is CCCCC[C@@H](N)c1c(OC)cc(OC)cc1OC. The summed E-state index contributed by atoms with van der Waals surface area (Å²) in [6.07, 6.45) is 4.40. The van der Waals surface area contributed by atoms with Gasteiger partial charge in [-0.15, -0.1) is 0 Å². The number of hydrogen-bond acceptors (Lipinski definition) is 4. The molecule has 2 N–H and O–H groups in total. The van der Waals surface area contributed by atoms with Gasteiger partial charge in [0.15, 0.2) is 0 Å². The van der Waals surface area contributed by atoms with Crippen molar-refractivity contribution in [2.75, 3.05) is 21.3 Å². The molecule has 0 saturated carbocycles. The summed E-state index contributed by atoms with van der Waals surface area (Å²) < 4.78 is 16.1. The van der Waals surface area contributed by atoms with Crippen LogP contribution in [0.25, 0.3) is 0 Å². The van der Waals surface area contributed by atoms with Crippen molar-refractivity contribution < 1.29 is 14.2 Å². The number of unbranched alkanes of at least 4 members (excludes halogenated alkanes) is 2. The Kier molecular flexibility index (Phi) is 6.50. The molecule has 0 radical (unpaired) electrons. The molecule has 0 aliphatic rings. The number of rotatable bonds is 8. The molecule has 0 saturated heterocycles. The lowest BCUT2D eigenvalue weighted by molar-refractivity contribution is 0.361. The lowest BCUT2D eigenvalue weighted by atomic mass is 9.99. The Bertz CT molecular complexity index is 368. The van der Waals surface area contributed by atoms with Crippen LogP contribution in [0.3, 0.4) is 0 Å². The maximum atomic E-state index is 6.28. The third kappa shape index (κ3) is 4.03. The van der Waals surface area contributed by atoms with E-state index in [2.05, 4.69) is 6.92 Å². The molecule has 0 aliphatic heterocycles. The summed E-state index contributed by atoms with van der Waals surface area (Å²) in [5.41, 5.74) is 7.20. The monoisotopic (exact) mass is 267 g/mol. The van der Waals surface area contributed by atoms with Crippen molar-refractivity contribution in [1.29, 1.82) is 0 Å². The molecule has 4 nitrogen and oxygen atoms in total. The van der Waals surface area contributed by atoms with Crippen LogP contribution in [-0.2, 0) is 0 Å². The molecule has 0 aliphatic carbocycles. The second kappa shape index (κ2) is 7.89. The highest BCUT2D eigenvalue weighted by Gasteiger charge is 2.19. The van der Waals surface area contributed by atoms with Gasteiger partial charge in [-0.2, -0.15) is 0 Å². The van der Waals surface area contributed by atoms with E-state index in [4.69, 9.17) is 19.9 Å². The number of ether oxygens (including phenoxy) is 3. The maximum absolute atomic E-state index is 6.28. The fourth-order valence-electron chi connectivity index (χ4n) is 2.16. The van der Waals surface area contributed by atoms with Crippen LogP contribution in [0.4, 0.5) is 0 Å². The highest BCUT2D eigenvalue weighted by atomic mass is 16.5. The standard InChI is InChI=1S/C15H25NO3/c1-5-6-7-8-12(16)15-13(18-3)9-11(17-2)10-14(15)19-4/h9-10,12H,5-8,16H2,1-4H3/t12-/m1/s1. The van der Waals surface area contributed by atoms with Crippen LogP contribution in [0, 0.1) is 0 Å². The van der Waals surface area contributed by atoms with E-state index in [1.54, 1.807) is 21.3 Å². The summed E-state index contributed by atoms with van der Waals surface area (Å²) in [4.78, 5) is 0. The van der Waals surface area contributed by atoms with Crippen molar-refractivity contribution in [3.05, 3.63) is 17.7 Å². The Morgan fingerprint density at radius 1 is 1.00 bits per heavy atom. The van der Waals surface area contributed by atoms with Gasteiger partial charge in [-0.1, -0.05) is 26.2 Å². The zero-order chi connectivity index (χ0) is 14.3. The summed E-state index contributed by atoms with van der Waals surface area (Å²) in [5.74, 6) is 2.15. The van der Waals surface area contributed by atoms with Crippen LogP contribution >= 0.6 is 0 Å². The highest BCUT2D eigenvalue weighted by Crippen LogP contribution is 2.38. The molecule has 0 heterocycles. The number of methoxy groups -OCH3 is 3. The Labute approximate surface area is 115 Å². The highest BCUT2D eigenvalue weighted by molar-refractivity contribution is 5.52. The van der Waals surface area contributed by atoms with Gasteiger partial charge in [0.25, 0.3) is 0 Å². The van der Waals surface area contributed by atoms with Crippen molar-refractivity contribution >= 4 is 0 Å². The van der Waals surface area contributed by atoms with Gasteiger partial charge in [0.05, 0.1) is 26.9 Å². The molecule has 1 aromatic carbocycles. The van der Waals surface area contributed by atoms with E-state index in [0.717, 1.165) is 29.9 Å². The molecule has 0 fully saturated rings. The summed E-state index contributed by atoms with van der Waals surface area (Å²) in [6.45, 7) is 2.18. The predicted molar refractivity (Wildman–Crippen MR) is 77.2 cm³/mol. The molecule has 108 valence electrons. The van der Waals surface area contributed by atoms with Gasteiger partial charge in [0, 0.05) is 18.2 Å². The van der Waals surface area contributed by atoms with Crippen LogP contribution in [0.5, 0.6) is 17.2 Å². The molecular weight excluding hydrogens is 242 g/mol. The first-order chi connectivity index (χ1) is 9.17. The van der Waals surface area contributed by atoms with Gasteiger partial charge in [0.2, 0.25) is 0 Å². The molecular formula is C15H25NO3. The fourth-order valence-corrected chi connectivity index (χ4v) is 2.16. The quantitative estimate of drug-likeness (QED) is 0.734. The van der Waals surface area contributed by atoms with Crippen molar-refractivity contribution in [1.82, 2.24) is 0 Å². The van der Waals surface area contributed by atoms with Gasteiger partial charge in [-0.3, -0.25) is 0 Å². The van der Waals surface area contributed by atoms with Gasteiger partial charge in [0.1, 0.15) is 17.2 Å². The topological polar surface area (TPSA) is 53.7 Å². The molecule has 1 atom stereocenters. The van der Waals surface area contributed by atoms with E-state index in [1.165, 1.54) is 12.8 Å². The van der Waals surface area contributed by atoms with Crippen molar-refractivity contribution in [2.45, 2.75) is 38.6 Å². The maximum Gasteiger partial charge on any atom is 0.131 e. The second-order valence-electron chi connectivity index (χ2n) is 4.55. The lowest BCUT2D eigenvalue weighted by Gasteiger charge is -2.20. The van der Waals surface area contributed by atoms with Crippen LogP contribution in [0.1, 0.15) is 44.2 Å². The summed E-state index contributed by atoms with van der Waals surface area (Å²) in [7, 11) is 4.89. The zero-order valence-corrected chi connectivity index (χ0v) is 12.4. The smallest absolute Gasteiger partial charge is 0.131 e. The molecule has 4 heteroatoms. The second-order valence-corrected chi connectivity index (χ2v) is 4.55. The van der Waals surface area contributed by atoms with Crippen LogP contribution in [-0.4, -0.2) is 21.3 Å². The Balaban J connectivity index is 3.02. The Hall–Kier alpha value is -1.42. The third-order valence-electron chi connectivity index (χ3n) is 3.24. The molecule has 0 spiro atoms. The molecule has 0 unspecified atom stereocenters. The minimum Gasteiger partial charge on any atom is -0.496 e. The minimum absolute atomic E-state index is 0.0812. The Morgan fingerprint density at radius 2 is 1.58 bits per heavy atom. The molecule has 19 heavy (non-hydrogen) atoms. The Morgan fingerprint density at radius 3 is 2.00 bits per heavy atom. The minimum atomic E-state index is -0.0812. The summed E-state index contributed by atoms with van der Waals surface area (Å²) in [5, 5.41) is 0. The first-order valence-electron chi connectivity index (χ1n) is 6.73. The van der Waals surface area contributed by atoms with Gasteiger partial charge >= 0.3 is 0 Å². The van der Waals surface area contributed by atoms with Gasteiger partial charge in [-0.25, -0.2) is 0 Å². The lowest BCUT2D eigenvalue weighted by Crippen LogP contribution is -2.13. The molecule has 0 amide bonds. The first-order valence-corrected chi connectivity index (χ1v) is 6.73. The number of nitrogens with two attached hydrogens (primary N) is 1. The first kappa shape index (κ1) is 15.6. The summed E-state index contributed by atoms with van der Waals surface area (Å²) in [6, 6.07) is 3.61. The molecule has 0 bridgehead atoms. The average molecular weight is 267 g/mol. The van der Waals surface area contributed by atoms with Gasteiger partial charge < -0.3 is 19.9 Å². The van der Waals surface area contributed by atoms with Crippen LogP contribution in [0.15, 0.2) is 12.1 Å². The number of benzene rings is 1. The summed E-state index contributed by atoms with van der Waals surface area (Å²) >= 11 is 0.